The van der Waals surface area contributed by atoms with Gasteiger partial charge >= 0.3 is 0 Å². The molecule has 1 aromatic carbocycles. The van der Waals surface area contributed by atoms with Gasteiger partial charge in [-0.3, -0.25) is 4.79 Å². The Kier molecular flexibility index (Phi) is 3.69. The zero-order chi connectivity index (χ0) is 13.9. The summed E-state index contributed by atoms with van der Waals surface area (Å²) in [4.78, 5) is 19.4. The Bertz CT molecular complexity index is 515. The average molecular weight is 274 g/mol. The minimum absolute atomic E-state index is 0.0187. The van der Waals surface area contributed by atoms with Crippen LogP contribution in [-0.2, 0) is 9.63 Å². The van der Waals surface area contributed by atoms with Crippen LogP contribution in [0.4, 0.5) is 0 Å². The van der Waals surface area contributed by atoms with Crippen molar-refractivity contribution in [2.24, 2.45) is 5.16 Å². The van der Waals surface area contributed by atoms with Gasteiger partial charge in [0, 0.05) is 13.0 Å². The maximum Gasteiger partial charge on any atom is 0.267 e. The van der Waals surface area contributed by atoms with Crippen molar-refractivity contribution < 1.29 is 14.7 Å². The Morgan fingerprint density at radius 3 is 2.95 bits per heavy atom. The third-order valence-electron chi connectivity index (χ3n) is 3.92. The van der Waals surface area contributed by atoms with Crippen molar-refractivity contribution in [3.05, 3.63) is 35.9 Å². The normalized spacial score (nSPS) is 25.4. The Labute approximate surface area is 117 Å². The van der Waals surface area contributed by atoms with Crippen molar-refractivity contribution in [1.82, 2.24) is 4.90 Å². The number of amides is 1. The number of hydrogen-bond donors (Lipinski definition) is 1. The largest absolute Gasteiger partial charge is 0.394 e. The molecule has 2 unspecified atom stereocenters. The molecule has 1 saturated heterocycles. The van der Waals surface area contributed by atoms with Crippen LogP contribution < -0.4 is 0 Å². The van der Waals surface area contributed by atoms with Gasteiger partial charge in [-0.25, -0.2) is 0 Å². The highest BCUT2D eigenvalue weighted by Gasteiger charge is 2.37. The topological polar surface area (TPSA) is 62.1 Å². The van der Waals surface area contributed by atoms with Crippen LogP contribution in [0.3, 0.4) is 0 Å². The molecule has 2 heterocycles. The van der Waals surface area contributed by atoms with Gasteiger partial charge in [0.25, 0.3) is 5.91 Å². The fourth-order valence-corrected chi connectivity index (χ4v) is 2.81. The summed E-state index contributed by atoms with van der Waals surface area (Å²) in [7, 11) is 0. The van der Waals surface area contributed by atoms with E-state index in [-0.39, 0.29) is 18.6 Å². The number of carbonyl (C=O) groups is 1. The van der Waals surface area contributed by atoms with Crippen LogP contribution in [-0.4, -0.2) is 46.9 Å². The van der Waals surface area contributed by atoms with E-state index in [2.05, 4.69) is 5.16 Å². The number of nitrogens with zero attached hydrogens (tertiary/aromatic N) is 2. The van der Waals surface area contributed by atoms with E-state index in [1.165, 1.54) is 0 Å². The maximum absolute atomic E-state index is 12.4. The van der Waals surface area contributed by atoms with Crippen LogP contribution in [0.25, 0.3) is 0 Å². The van der Waals surface area contributed by atoms with E-state index in [1.54, 1.807) is 4.90 Å². The number of aliphatic hydroxyl groups is 1. The third-order valence-corrected chi connectivity index (χ3v) is 3.92. The molecule has 20 heavy (non-hydrogen) atoms. The molecule has 5 heteroatoms. The van der Waals surface area contributed by atoms with Gasteiger partial charge in [0.15, 0.2) is 0 Å². The first-order valence-electron chi connectivity index (χ1n) is 6.99. The molecule has 5 nitrogen and oxygen atoms in total. The Hall–Kier alpha value is -1.88. The zero-order valence-electron chi connectivity index (χ0n) is 11.2. The van der Waals surface area contributed by atoms with Crippen molar-refractivity contribution in [2.45, 2.75) is 31.4 Å². The smallest absolute Gasteiger partial charge is 0.267 e. The molecule has 2 aliphatic heterocycles. The number of rotatable bonds is 3. The second-order valence-corrected chi connectivity index (χ2v) is 5.21. The van der Waals surface area contributed by atoms with Crippen LogP contribution >= 0.6 is 0 Å². The summed E-state index contributed by atoms with van der Waals surface area (Å²) in [5, 5.41) is 13.3. The molecular weight excluding hydrogens is 256 g/mol. The van der Waals surface area contributed by atoms with E-state index in [0.717, 1.165) is 24.1 Å². The fourth-order valence-electron chi connectivity index (χ4n) is 2.81. The standard InChI is InChI=1S/C15H18N2O3/c18-10-12-7-4-8-17(12)15(19)14-9-13(16-20-14)11-5-2-1-3-6-11/h1-3,5-6,12,14,18H,4,7-10H2. The fraction of sp³-hybridized carbons (Fsp3) is 0.467. The number of hydrogen-bond acceptors (Lipinski definition) is 4. The summed E-state index contributed by atoms with van der Waals surface area (Å²) in [6.45, 7) is 0.718. The highest BCUT2D eigenvalue weighted by atomic mass is 16.6. The second kappa shape index (κ2) is 5.63. The molecule has 3 rings (SSSR count). The van der Waals surface area contributed by atoms with Gasteiger partial charge in [-0.2, -0.15) is 0 Å². The summed E-state index contributed by atoms with van der Waals surface area (Å²) in [5.74, 6) is -0.0590. The van der Waals surface area contributed by atoms with Crippen LogP contribution in [0.1, 0.15) is 24.8 Å². The Morgan fingerprint density at radius 1 is 1.40 bits per heavy atom. The highest BCUT2D eigenvalue weighted by molar-refractivity contribution is 6.04. The molecule has 0 bridgehead atoms. The quantitative estimate of drug-likeness (QED) is 0.899. The molecule has 1 aromatic rings. The number of likely N-dealkylation sites (tertiary alicyclic amines) is 1. The zero-order valence-corrected chi connectivity index (χ0v) is 11.2. The summed E-state index contributed by atoms with van der Waals surface area (Å²) >= 11 is 0. The first-order valence-corrected chi connectivity index (χ1v) is 6.99. The lowest BCUT2D eigenvalue weighted by molar-refractivity contribution is -0.143. The summed E-state index contributed by atoms with van der Waals surface area (Å²) < 4.78 is 0. The lowest BCUT2D eigenvalue weighted by atomic mass is 10.0. The molecule has 106 valence electrons. The first kappa shape index (κ1) is 13.1. The predicted octanol–water partition coefficient (Wildman–Crippen LogP) is 1.16. The molecule has 1 amide bonds. The molecule has 0 radical (unpaired) electrons. The lowest BCUT2D eigenvalue weighted by Gasteiger charge is -2.24. The molecule has 1 fully saturated rings. The van der Waals surface area contributed by atoms with E-state index in [1.807, 2.05) is 30.3 Å². The van der Waals surface area contributed by atoms with Crippen LogP contribution in [0.5, 0.6) is 0 Å². The molecule has 2 aliphatic rings. The summed E-state index contributed by atoms with van der Waals surface area (Å²) in [5.41, 5.74) is 1.80. The minimum Gasteiger partial charge on any atom is -0.394 e. The predicted molar refractivity (Wildman–Crippen MR) is 74.3 cm³/mol. The molecule has 0 spiro atoms. The number of aliphatic hydroxyl groups excluding tert-OH is 1. The van der Waals surface area contributed by atoms with Gasteiger partial charge in [-0.1, -0.05) is 35.5 Å². The number of carbonyl (C=O) groups excluding carboxylic acids is 1. The van der Waals surface area contributed by atoms with Gasteiger partial charge in [-0.05, 0) is 18.4 Å². The van der Waals surface area contributed by atoms with Gasteiger partial charge in [0.2, 0.25) is 6.10 Å². The molecule has 2 atom stereocenters. The summed E-state index contributed by atoms with van der Waals surface area (Å²) in [6, 6.07) is 9.68. The lowest BCUT2D eigenvalue weighted by Crippen LogP contribution is -2.43. The first-order chi connectivity index (χ1) is 9.79. The average Bonchev–Trinajstić information content (AvgIpc) is 3.16. The van der Waals surface area contributed by atoms with Crippen LogP contribution in [0.2, 0.25) is 0 Å². The van der Waals surface area contributed by atoms with E-state index in [9.17, 15) is 9.90 Å². The van der Waals surface area contributed by atoms with Gasteiger partial charge < -0.3 is 14.8 Å². The van der Waals surface area contributed by atoms with E-state index in [0.29, 0.717) is 13.0 Å². The van der Waals surface area contributed by atoms with Crippen molar-refractivity contribution in [1.29, 1.82) is 0 Å². The Balaban J connectivity index is 1.65. The van der Waals surface area contributed by atoms with Gasteiger partial charge in [0.1, 0.15) is 0 Å². The van der Waals surface area contributed by atoms with Crippen LogP contribution in [0, 0.1) is 0 Å². The third kappa shape index (κ3) is 2.41. The molecule has 0 aromatic heterocycles. The monoisotopic (exact) mass is 274 g/mol. The summed E-state index contributed by atoms with van der Waals surface area (Å²) in [6.07, 6.45) is 1.76. The molecule has 1 N–H and O–H groups in total. The van der Waals surface area contributed by atoms with Crippen molar-refractivity contribution >= 4 is 11.6 Å². The van der Waals surface area contributed by atoms with Crippen molar-refractivity contribution in [3.8, 4) is 0 Å². The maximum atomic E-state index is 12.4. The molecule has 0 saturated carbocycles. The van der Waals surface area contributed by atoms with Gasteiger partial charge in [0.05, 0.1) is 18.4 Å². The SMILES string of the molecule is O=C(C1CC(c2ccccc2)=NO1)N1CCCC1CO. The number of benzene rings is 1. The van der Waals surface area contributed by atoms with Crippen molar-refractivity contribution in [2.75, 3.05) is 13.2 Å². The van der Waals surface area contributed by atoms with Gasteiger partial charge in [-0.15, -0.1) is 0 Å². The molecular formula is C15H18N2O3. The minimum atomic E-state index is -0.544. The number of oxime groups is 1. The van der Waals surface area contributed by atoms with E-state index >= 15 is 0 Å². The van der Waals surface area contributed by atoms with E-state index in [4.69, 9.17) is 4.84 Å². The Morgan fingerprint density at radius 2 is 2.20 bits per heavy atom. The van der Waals surface area contributed by atoms with Crippen LogP contribution in [0.15, 0.2) is 35.5 Å². The second-order valence-electron chi connectivity index (χ2n) is 5.21. The van der Waals surface area contributed by atoms with E-state index < -0.39 is 6.10 Å². The highest BCUT2D eigenvalue weighted by Crippen LogP contribution is 2.23. The molecule has 0 aliphatic carbocycles. The van der Waals surface area contributed by atoms with Crippen molar-refractivity contribution in [3.63, 3.8) is 0 Å².